The molecule has 2 aromatic carbocycles. The van der Waals surface area contributed by atoms with Crippen molar-refractivity contribution in [3.8, 4) is 0 Å². The Balaban J connectivity index is 1.54. The van der Waals surface area contributed by atoms with Gasteiger partial charge < -0.3 is 31.0 Å². The number of carbonyl (C=O) groups is 6. The van der Waals surface area contributed by atoms with Crippen molar-refractivity contribution in [2.45, 2.75) is 77.7 Å². The number of rotatable bonds is 13. The number of likely N-dealkylation sites (tertiary alicyclic amines) is 1. The molecular formula is C35H43N7O6. The summed E-state index contributed by atoms with van der Waals surface area (Å²) >= 11 is 0. The van der Waals surface area contributed by atoms with Crippen LogP contribution in [0.15, 0.2) is 61.1 Å². The predicted octanol–water partition coefficient (Wildman–Crippen LogP) is 2.02. The van der Waals surface area contributed by atoms with E-state index in [1.54, 1.807) is 46.8 Å². The minimum atomic E-state index is -1.06. The van der Waals surface area contributed by atoms with Crippen molar-refractivity contribution < 1.29 is 28.8 Å². The Hall–Kier alpha value is -5.20. The number of aldehydes is 1. The fraction of sp³-hybridized carbons (Fsp3) is 0.429. The van der Waals surface area contributed by atoms with Crippen LogP contribution in [0.5, 0.6) is 0 Å². The summed E-state index contributed by atoms with van der Waals surface area (Å²) in [7, 11) is 0. The molecule has 1 aromatic heterocycles. The predicted molar refractivity (Wildman–Crippen MR) is 178 cm³/mol. The molecule has 48 heavy (non-hydrogen) atoms. The van der Waals surface area contributed by atoms with Crippen molar-refractivity contribution in [3.63, 3.8) is 0 Å². The molecule has 0 aliphatic carbocycles. The number of hydrogen-bond acceptors (Lipinski definition) is 8. The van der Waals surface area contributed by atoms with E-state index in [-0.39, 0.29) is 30.5 Å². The van der Waals surface area contributed by atoms with E-state index >= 15 is 0 Å². The van der Waals surface area contributed by atoms with Gasteiger partial charge in [0.25, 0.3) is 11.8 Å². The van der Waals surface area contributed by atoms with Gasteiger partial charge in [-0.1, -0.05) is 65.0 Å². The average molecular weight is 658 g/mol. The van der Waals surface area contributed by atoms with Gasteiger partial charge in [0, 0.05) is 30.5 Å². The highest BCUT2D eigenvalue weighted by molar-refractivity contribution is 6.00. The van der Waals surface area contributed by atoms with Gasteiger partial charge in [0.2, 0.25) is 17.7 Å². The van der Waals surface area contributed by atoms with E-state index in [0.717, 1.165) is 10.8 Å². The molecule has 1 aliphatic heterocycles. The smallest absolute Gasteiger partial charge is 0.272 e. The minimum absolute atomic E-state index is 0.00420. The molecule has 3 aromatic rings. The minimum Gasteiger partial charge on any atom is -0.347 e. The van der Waals surface area contributed by atoms with Gasteiger partial charge in [0.1, 0.15) is 30.1 Å². The summed E-state index contributed by atoms with van der Waals surface area (Å²) in [6, 6.07) is 8.60. The molecule has 0 spiro atoms. The molecule has 2 heterocycles. The first-order valence-corrected chi connectivity index (χ1v) is 16.2. The van der Waals surface area contributed by atoms with Crippen molar-refractivity contribution in [1.82, 2.24) is 36.1 Å². The van der Waals surface area contributed by atoms with Gasteiger partial charge in [-0.2, -0.15) is 0 Å². The van der Waals surface area contributed by atoms with E-state index < -0.39 is 59.8 Å². The summed E-state index contributed by atoms with van der Waals surface area (Å²) in [5.74, 6) is -3.33. The van der Waals surface area contributed by atoms with Crippen LogP contribution >= 0.6 is 0 Å². The maximum Gasteiger partial charge on any atom is 0.272 e. The number of nitrogens with one attached hydrogen (secondary N) is 4. The van der Waals surface area contributed by atoms with Crippen LogP contribution in [0.4, 0.5) is 0 Å². The number of nitrogens with zero attached hydrogens (tertiary/aromatic N) is 3. The molecule has 0 saturated carbocycles. The van der Waals surface area contributed by atoms with Crippen molar-refractivity contribution in [2.24, 2.45) is 11.8 Å². The Morgan fingerprint density at radius 2 is 1.60 bits per heavy atom. The first-order valence-electron chi connectivity index (χ1n) is 16.2. The third-order valence-corrected chi connectivity index (χ3v) is 8.43. The third kappa shape index (κ3) is 8.58. The Bertz CT molecular complexity index is 1650. The first-order chi connectivity index (χ1) is 22.9. The molecule has 4 rings (SSSR count). The van der Waals surface area contributed by atoms with Crippen LogP contribution in [0.25, 0.3) is 10.8 Å². The van der Waals surface area contributed by atoms with E-state index in [2.05, 4.69) is 31.2 Å². The molecule has 254 valence electrons. The lowest BCUT2D eigenvalue weighted by Crippen LogP contribution is -2.59. The van der Waals surface area contributed by atoms with Crippen LogP contribution in [0.1, 0.15) is 68.3 Å². The van der Waals surface area contributed by atoms with Gasteiger partial charge in [0.15, 0.2) is 0 Å². The normalized spacial score (nSPS) is 17.8. The summed E-state index contributed by atoms with van der Waals surface area (Å²) in [5, 5.41) is 13.0. The molecule has 4 N–H and O–H groups in total. The monoisotopic (exact) mass is 657 g/mol. The fourth-order valence-corrected chi connectivity index (χ4v) is 5.64. The van der Waals surface area contributed by atoms with E-state index in [9.17, 15) is 28.8 Å². The van der Waals surface area contributed by atoms with E-state index in [0.29, 0.717) is 18.3 Å². The van der Waals surface area contributed by atoms with Crippen LogP contribution < -0.4 is 21.3 Å². The molecule has 1 saturated heterocycles. The lowest BCUT2D eigenvalue weighted by Gasteiger charge is -2.32. The van der Waals surface area contributed by atoms with E-state index in [1.165, 1.54) is 23.5 Å². The van der Waals surface area contributed by atoms with Crippen molar-refractivity contribution >= 4 is 46.6 Å². The Labute approximate surface area is 279 Å². The largest absolute Gasteiger partial charge is 0.347 e. The van der Waals surface area contributed by atoms with Gasteiger partial charge in [-0.3, -0.25) is 29.0 Å². The molecule has 13 nitrogen and oxygen atoms in total. The number of carbonyl (C=O) groups excluding carboxylic acids is 6. The topological polar surface area (TPSA) is 180 Å². The summed E-state index contributed by atoms with van der Waals surface area (Å²) in [4.78, 5) is 88.1. The molecular weight excluding hydrogens is 614 g/mol. The van der Waals surface area contributed by atoms with Crippen LogP contribution in [0.3, 0.4) is 0 Å². The van der Waals surface area contributed by atoms with Crippen LogP contribution in [-0.2, 0) is 19.2 Å². The van der Waals surface area contributed by atoms with Gasteiger partial charge in [-0.15, -0.1) is 0 Å². The fourth-order valence-electron chi connectivity index (χ4n) is 5.64. The number of fused-ring (bicyclic) bond motifs is 1. The second-order valence-corrected chi connectivity index (χ2v) is 12.6. The molecule has 13 heteroatoms. The quantitative estimate of drug-likeness (QED) is 0.202. The molecule has 1 fully saturated rings. The summed E-state index contributed by atoms with van der Waals surface area (Å²) in [5.41, 5.74) is 0.470. The highest BCUT2D eigenvalue weighted by atomic mass is 16.2. The maximum absolute atomic E-state index is 14.2. The van der Waals surface area contributed by atoms with Crippen molar-refractivity contribution in [3.05, 3.63) is 72.3 Å². The molecule has 1 aliphatic rings. The van der Waals surface area contributed by atoms with E-state index in [4.69, 9.17) is 0 Å². The maximum atomic E-state index is 14.2. The van der Waals surface area contributed by atoms with Gasteiger partial charge >= 0.3 is 0 Å². The first kappa shape index (κ1) is 35.7. The highest BCUT2D eigenvalue weighted by Gasteiger charge is 2.44. The third-order valence-electron chi connectivity index (χ3n) is 8.43. The van der Waals surface area contributed by atoms with Crippen LogP contribution in [0, 0.1) is 11.8 Å². The number of hydrogen-bond donors (Lipinski definition) is 4. The van der Waals surface area contributed by atoms with Crippen LogP contribution in [-0.4, -0.2) is 87.4 Å². The van der Waals surface area contributed by atoms with Crippen LogP contribution in [0.2, 0.25) is 0 Å². The second-order valence-electron chi connectivity index (χ2n) is 12.6. The highest BCUT2D eigenvalue weighted by Crippen LogP contribution is 2.23. The van der Waals surface area contributed by atoms with Gasteiger partial charge in [0.05, 0.1) is 12.2 Å². The zero-order chi connectivity index (χ0) is 35.0. The second kappa shape index (κ2) is 16.1. The summed E-state index contributed by atoms with van der Waals surface area (Å²) in [6.45, 7) is 8.79. The zero-order valence-electron chi connectivity index (χ0n) is 27.8. The van der Waals surface area contributed by atoms with Crippen molar-refractivity contribution in [2.75, 3.05) is 6.54 Å². The molecule has 0 unspecified atom stereocenters. The average Bonchev–Trinajstić information content (AvgIpc) is 3.51. The lowest BCUT2D eigenvalue weighted by molar-refractivity contribution is -0.143. The molecule has 0 radical (unpaired) electrons. The summed E-state index contributed by atoms with van der Waals surface area (Å²) in [6.07, 6.45) is 5.18. The lowest BCUT2D eigenvalue weighted by atomic mass is 9.98. The number of benzene rings is 2. The van der Waals surface area contributed by atoms with Gasteiger partial charge in [-0.05, 0) is 47.6 Å². The van der Waals surface area contributed by atoms with Gasteiger partial charge in [-0.25, -0.2) is 4.98 Å². The Kier molecular flexibility index (Phi) is 11.9. The zero-order valence-corrected chi connectivity index (χ0v) is 27.8. The molecule has 5 atom stereocenters. The SMILES string of the molecule is CC[C@@H](C=O)NC(=O)[C@@H]1C[C@@H](NC(=O)c2ccc3ccccc3c2)CN1C(=O)[C@@H](NC(=O)[C@@H](NC(=O)c1cnccn1)C(C)C)C(C)C. The summed E-state index contributed by atoms with van der Waals surface area (Å²) < 4.78 is 0. The number of aromatic nitrogens is 2. The number of amides is 5. The molecule has 0 bridgehead atoms. The Morgan fingerprint density at radius 1 is 0.896 bits per heavy atom. The Morgan fingerprint density at radius 3 is 2.23 bits per heavy atom. The standard InChI is InChI=1S/C35H43N7O6/c1-6-25(19-43)38-33(46)28-16-26(39-31(44)24-12-11-22-9-7-8-10-23(22)15-24)18-42(28)35(48)30(21(4)5)41-34(47)29(20(2)3)40-32(45)27-17-36-13-14-37-27/h7-15,17,19-21,25-26,28-30H,6,16,18H2,1-5H3,(H,38,46)(H,39,44)(H,40,45)(H,41,47)/t25-,26+,28-,29-,30-/m0/s1. The molecule has 5 amide bonds. The van der Waals surface area contributed by atoms with E-state index in [1.807, 2.05) is 30.3 Å². The van der Waals surface area contributed by atoms with Crippen molar-refractivity contribution in [1.29, 1.82) is 0 Å².